The van der Waals surface area contributed by atoms with Crippen molar-refractivity contribution in [3.05, 3.63) is 0 Å². The number of rotatable bonds is 2. The molecular weight excluding hydrogens is 260 g/mol. The number of alkyl halides is 1. The zero-order chi connectivity index (χ0) is 5.91. The van der Waals surface area contributed by atoms with Crippen molar-refractivity contribution in [1.82, 2.24) is 0 Å². The molecule has 0 aliphatic carbocycles. The molecule has 0 saturated carbocycles. The van der Waals surface area contributed by atoms with Gasteiger partial charge >= 0.3 is 162 Å². The molecule has 0 aliphatic rings. The fourth-order valence-corrected chi connectivity index (χ4v) is 0.572. The second-order valence-corrected chi connectivity index (χ2v) is 2.19. The maximum atomic E-state index is 9.62. The minimum atomic E-state index is -4.30. The van der Waals surface area contributed by atoms with Crippen molar-refractivity contribution >= 4 is 174 Å². The third-order valence-electron chi connectivity index (χ3n) is 0.217. The fourth-order valence-electron chi connectivity index (χ4n) is 0.0636. The number of hydrogen-bond acceptors (Lipinski definition) is 2. The molecule has 0 radical (unpaired) electrons. The van der Waals surface area contributed by atoms with Gasteiger partial charge in [-0.2, -0.15) is 0 Å². The predicted octanol–water partition coefficient (Wildman–Crippen LogP) is -1.65. The van der Waals surface area contributed by atoms with Crippen molar-refractivity contribution < 1.29 is 18.9 Å². The van der Waals surface area contributed by atoms with Gasteiger partial charge in [-0.15, -0.1) is 0 Å². The average Bonchev–Trinajstić information content (AvgIpc) is 1.30. The van der Waals surface area contributed by atoms with Gasteiger partial charge in [-0.1, -0.05) is 11.6 Å². The SMILES string of the molecule is O=P(O)(O)OCCl.[KH].[KH].[KH]. The monoisotopic (exact) mass is 266 g/mol. The summed E-state index contributed by atoms with van der Waals surface area (Å²) in [6, 6.07) is -0.482. The van der Waals surface area contributed by atoms with E-state index in [1.807, 2.05) is 0 Å². The van der Waals surface area contributed by atoms with Crippen LogP contribution in [0.2, 0.25) is 0 Å². The summed E-state index contributed by atoms with van der Waals surface area (Å²) in [5, 5.41) is 0. The normalized spacial score (nSPS) is 8.30. The van der Waals surface area contributed by atoms with Crippen LogP contribution in [0.3, 0.4) is 0 Å². The summed E-state index contributed by atoms with van der Waals surface area (Å²) in [7, 11) is -4.30. The molecule has 4 nitrogen and oxygen atoms in total. The van der Waals surface area contributed by atoms with Crippen LogP contribution in [-0.4, -0.2) is 170 Å². The number of phosphoric acid groups is 1. The van der Waals surface area contributed by atoms with E-state index in [0.717, 1.165) is 0 Å². The zero-order valence-corrected chi connectivity index (χ0v) is 4.89. The molecule has 0 saturated heterocycles. The zero-order valence-electron chi connectivity index (χ0n) is 3.24. The average molecular weight is 267 g/mol. The molecule has 0 aromatic rings. The van der Waals surface area contributed by atoms with E-state index in [1.54, 1.807) is 0 Å². The van der Waals surface area contributed by atoms with Gasteiger partial charge in [0.2, 0.25) is 0 Å². The second-order valence-electron chi connectivity index (χ2n) is 0.729. The van der Waals surface area contributed by atoms with Crippen LogP contribution in [0.5, 0.6) is 0 Å². The van der Waals surface area contributed by atoms with Crippen molar-refractivity contribution in [2.75, 3.05) is 6.07 Å². The van der Waals surface area contributed by atoms with Gasteiger partial charge < -0.3 is 9.79 Å². The Morgan fingerprint density at radius 2 is 1.60 bits per heavy atom. The first-order chi connectivity index (χ1) is 3.06. The Kier molecular flexibility index (Phi) is 35.1. The number of halogens is 1. The molecule has 0 fully saturated rings. The van der Waals surface area contributed by atoms with E-state index in [9.17, 15) is 4.57 Å². The summed E-state index contributed by atoms with van der Waals surface area (Å²) in [6.07, 6.45) is 0. The molecule has 0 aromatic carbocycles. The van der Waals surface area contributed by atoms with Crippen LogP contribution < -0.4 is 0 Å². The summed E-state index contributed by atoms with van der Waals surface area (Å²) in [4.78, 5) is 15.6. The molecule has 0 atom stereocenters. The second kappa shape index (κ2) is 14.3. The molecule has 0 aliphatic heterocycles. The molecule has 0 unspecified atom stereocenters. The predicted molar refractivity (Wildman–Crippen MR) is 45.3 cm³/mol. The van der Waals surface area contributed by atoms with Gasteiger partial charge in [0.15, 0.2) is 0 Å². The summed E-state index contributed by atoms with van der Waals surface area (Å²) in [6.45, 7) is 0. The quantitative estimate of drug-likeness (QED) is 0.357. The maximum absolute atomic E-state index is 9.62. The molecule has 10 heavy (non-hydrogen) atoms. The van der Waals surface area contributed by atoms with E-state index >= 15 is 0 Å². The van der Waals surface area contributed by atoms with E-state index in [2.05, 4.69) is 4.52 Å². The number of hydrogen-bond donors (Lipinski definition) is 2. The molecule has 2 N–H and O–H groups in total. The van der Waals surface area contributed by atoms with E-state index < -0.39 is 13.9 Å². The van der Waals surface area contributed by atoms with Gasteiger partial charge in [-0.3, -0.25) is 4.52 Å². The molecular formula is CH7ClK3O4P. The van der Waals surface area contributed by atoms with Crippen molar-refractivity contribution in [3.8, 4) is 0 Å². The topological polar surface area (TPSA) is 66.8 Å². The first-order valence-electron chi connectivity index (χ1n) is 1.32. The Morgan fingerprint density at radius 3 is 1.60 bits per heavy atom. The van der Waals surface area contributed by atoms with Crippen molar-refractivity contribution in [3.63, 3.8) is 0 Å². The molecule has 0 amide bonds. The molecule has 0 aromatic heterocycles. The number of phosphoric ester groups is 1. The molecule has 9 heteroatoms. The van der Waals surface area contributed by atoms with Crippen LogP contribution >= 0.6 is 19.4 Å². The van der Waals surface area contributed by atoms with Gasteiger partial charge in [0, 0.05) is 0 Å². The Bertz CT molecular complexity index is 94.5. The van der Waals surface area contributed by atoms with Gasteiger partial charge in [0.05, 0.1) is 0 Å². The molecule has 50 valence electrons. The van der Waals surface area contributed by atoms with Gasteiger partial charge in [-0.25, -0.2) is 4.57 Å². The van der Waals surface area contributed by atoms with Gasteiger partial charge in [-0.05, 0) is 0 Å². The van der Waals surface area contributed by atoms with Crippen LogP contribution in [0, 0.1) is 0 Å². The van der Waals surface area contributed by atoms with Crippen LogP contribution in [0.1, 0.15) is 0 Å². The van der Waals surface area contributed by atoms with Crippen molar-refractivity contribution in [2.45, 2.75) is 0 Å². The van der Waals surface area contributed by atoms with Gasteiger partial charge in [0.1, 0.15) is 6.07 Å². The summed E-state index contributed by atoms with van der Waals surface area (Å²) in [5.74, 6) is 0. The van der Waals surface area contributed by atoms with E-state index in [-0.39, 0.29) is 154 Å². The van der Waals surface area contributed by atoms with Crippen LogP contribution in [0.4, 0.5) is 0 Å². The fraction of sp³-hybridized carbons (Fsp3) is 1.00. The Hall–Kier alpha value is 5.31. The Balaban J connectivity index is -0.0000000600. The first kappa shape index (κ1) is 24.5. The minimum absolute atomic E-state index is 0. The summed E-state index contributed by atoms with van der Waals surface area (Å²) >= 11 is 4.77. The summed E-state index contributed by atoms with van der Waals surface area (Å²) in [5.41, 5.74) is 0. The van der Waals surface area contributed by atoms with Crippen molar-refractivity contribution in [2.24, 2.45) is 0 Å². The Morgan fingerprint density at radius 1 is 1.30 bits per heavy atom. The Labute approximate surface area is 192 Å². The van der Waals surface area contributed by atoms with Crippen LogP contribution in [0.25, 0.3) is 0 Å². The third kappa shape index (κ3) is 23.3. The molecule has 0 spiro atoms. The standard InChI is InChI=1S/CH4ClO4P.3K.3H/c2-1-6-7(3,4)5;;;;;;/h1H2,(H2,3,4,5);;;;;;. The molecule has 0 bridgehead atoms. The van der Waals surface area contributed by atoms with E-state index in [4.69, 9.17) is 21.4 Å². The van der Waals surface area contributed by atoms with Gasteiger partial charge in [0.25, 0.3) is 0 Å². The third-order valence-corrected chi connectivity index (χ3v) is 0.944. The summed E-state index contributed by atoms with van der Waals surface area (Å²) < 4.78 is 13.3. The van der Waals surface area contributed by atoms with Crippen LogP contribution in [-0.2, 0) is 9.09 Å². The van der Waals surface area contributed by atoms with E-state index in [0.29, 0.717) is 0 Å². The first-order valence-corrected chi connectivity index (χ1v) is 3.39. The van der Waals surface area contributed by atoms with Crippen molar-refractivity contribution in [1.29, 1.82) is 0 Å². The van der Waals surface area contributed by atoms with E-state index in [1.165, 1.54) is 0 Å². The van der Waals surface area contributed by atoms with Crippen LogP contribution in [0.15, 0.2) is 0 Å². The molecule has 0 heterocycles. The molecule has 0 rings (SSSR count).